The van der Waals surface area contributed by atoms with Gasteiger partial charge in [-0.2, -0.15) is 15.1 Å². The number of fused-ring (bicyclic) bond motifs is 1. The third kappa shape index (κ3) is 4.06. The summed E-state index contributed by atoms with van der Waals surface area (Å²) in [5.74, 6) is 0.511. The van der Waals surface area contributed by atoms with Gasteiger partial charge in [0.2, 0.25) is 11.2 Å². The number of ether oxygens (including phenoxy) is 1. The number of rotatable bonds is 8. The van der Waals surface area contributed by atoms with Gasteiger partial charge in [-0.3, -0.25) is 5.10 Å². The first kappa shape index (κ1) is 14.1. The minimum atomic E-state index is 0.176. The van der Waals surface area contributed by atoms with E-state index in [0.717, 1.165) is 11.8 Å². The fraction of sp³-hybridized carbons (Fsp3) is 0.615. The lowest BCUT2D eigenvalue weighted by atomic mass is 10.1. The molecule has 0 saturated carbocycles. The van der Waals surface area contributed by atoms with Crippen molar-refractivity contribution >= 4 is 22.6 Å². The van der Waals surface area contributed by atoms with E-state index in [2.05, 4.69) is 27.1 Å². The zero-order valence-corrected chi connectivity index (χ0v) is 11.9. The van der Waals surface area contributed by atoms with Crippen LogP contribution in [0.1, 0.15) is 45.4 Å². The largest absolute Gasteiger partial charge is 0.477 e. The summed E-state index contributed by atoms with van der Waals surface area (Å²) in [5.41, 5.74) is 0.609. The summed E-state index contributed by atoms with van der Waals surface area (Å²) in [5, 5.41) is 7.62. The fourth-order valence-electron chi connectivity index (χ4n) is 1.94. The van der Waals surface area contributed by atoms with E-state index in [9.17, 15) is 0 Å². The van der Waals surface area contributed by atoms with E-state index in [1.165, 1.54) is 32.1 Å². The van der Waals surface area contributed by atoms with Crippen LogP contribution < -0.4 is 4.74 Å². The molecule has 0 fully saturated rings. The van der Waals surface area contributed by atoms with Gasteiger partial charge in [0.1, 0.15) is 5.39 Å². The molecule has 0 bridgehead atoms. The SMILES string of the molecule is CCCCCCCCOc1nc(Cl)nc2[nH]ncc12. The number of nitrogens with zero attached hydrogens (tertiary/aromatic N) is 3. The quantitative estimate of drug-likeness (QED) is 0.592. The summed E-state index contributed by atoms with van der Waals surface area (Å²) in [6.07, 6.45) is 9.04. The molecule has 19 heavy (non-hydrogen) atoms. The van der Waals surface area contributed by atoms with E-state index >= 15 is 0 Å². The molecule has 5 nitrogen and oxygen atoms in total. The number of nitrogens with one attached hydrogen (secondary N) is 1. The lowest BCUT2D eigenvalue weighted by molar-refractivity contribution is 0.296. The molecule has 104 valence electrons. The molecule has 0 unspecified atom stereocenters. The Morgan fingerprint density at radius 2 is 1.95 bits per heavy atom. The van der Waals surface area contributed by atoms with Crippen LogP contribution in [-0.4, -0.2) is 26.8 Å². The molecule has 0 spiro atoms. The molecule has 0 saturated heterocycles. The second kappa shape index (κ2) is 7.28. The van der Waals surface area contributed by atoms with E-state index in [1.807, 2.05) is 0 Å². The van der Waals surface area contributed by atoms with Crippen LogP contribution in [0.15, 0.2) is 6.20 Å². The molecule has 2 aromatic heterocycles. The van der Waals surface area contributed by atoms with E-state index in [-0.39, 0.29) is 5.28 Å². The van der Waals surface area contributed by atoms with Crippen molar-refractivity contribution in [2.24, 2.45) is 0 Å². The van der Waals surface area contributed by atoms with Crippen molar-refractivity contribution in [3.8, 4) is 5.88 Å². The average Bonchev–Trinajstić information content (AvgIpc) is 2.85. The first-order valence-corrected chi connectivity index (χ1v) is 7.18. The average molecular weight is 283 g/mol. The summed E-state index contributed by atoms with van der Waals surface area (Å²) < 4.78 is 5.67. The first-order chi connectivity index (χ1) is 9.31. The van der Waals surface area contributed by atoms with E-state index in [4.69, 9.17) is 16.3 Å². The Kier molecular flexibility index (Phi) is 5.39. The Morgan fingerprint density at radius 3 is 2.79 bits per heavy atom. The van der Waals surface area contributed by atoms with E-state index in [1.54, 1.807) is 6.20 Å². The topological polar surface area (TPSA) is 63.7 Å². The zero-order chi connectivity index (χ0) is 13.5. The summed E-state index contributed by atoms with van der Waals surface area (Å²) in [4.78, 5) is 8.12. The zero-order valence-electron chi connectivity index (χ0n) is 11.2. The normalized spacial score (nSPS) is 11.1. The van der Waals surface area contributed by atoms with Crippen LogP contribution in [0.2, 0.25) is 5.28 Å². The highest BCUT2D eigenvalue weighted by atomic mass is 35.5. The third-order valence-electron chi connectivity index (χ3n) is 2.98. The predicted octanol–water partition coefficient (Wildman–Crippen LogP) is 3.75. The monoisotopic (exact) mass is 282 g/mol. The van der Waals surface area contributed by atoms with Crippen molar-refractivity contribution in [3.05, 3.63) is 11.5 Å². The van der Waals surface area contributed by atoms with Crippen molar-refractivity contribution in [1.29, 1.82) is 0 Å². The molecule has 0 aromatic carbocycles. The Labute approximate surface area is 117 Å². The lowest BCUT2D eigenvalue weighted by Gasteiger charge is -2.06. The van der Waals surface area contributed by atoms with E-state index < -0.39 is 0 Å². The molecule has 0 aliphatic rings. The van der Waals surface area contributed by atoms with Gasteiger partial charge in [0, 0.05) is 0 Å². The summed E-state index contributed by atoms with van der Waals surface area (Å²) in [6.45, 7) is 2.87. The van der Waals surface area contributed by atoms with Gasteiger partial charge < -0.3 is 4.74 Å². The van der Waals surface area contributed by atoms with Crippen LogP contribution in [0.25, 0.3) is 11.0 Å². The van der Waals surface area contributed by atoms with Gasteiger partial charge in [0.05, 0.1) is 12.8 Å². The molecule has 1 N–H and O–H groups in total. The maximum Gasteiger partial charge on any atom is 0.229 e. The second-order valence-electron chi connectivity index (χ2n) is 4.55. The van der Waals surface area contributed by atoms with Crippen molar-refractivity contribution in [3.63, 3.8) is 0 Å². The van der Waals surface area contributed by atoms with Gasteiger partial charge in [-0.05, 0) is 18.0 Å². The van der Waals surface area contributed by atoms with Crippen molar-refractivity contribution in [1.82, 2.24) is 20.2 Å². The Morgan fingerprint density at radius 1 is 1.16 bits per heavy atom. The molecule has 2 rings (SSSR count). The number of unbranched alkanes of at least 4 members (excludes halogenated alkanes) is 5. The second-order valence-corrected chi connectivity index (χ2v) is 4.88. The lowest BCUT2D eigenvalue weighted by Crippen LogP contribution is -2.00. The number of aromatic amines is 1. The van der Waals surface area contributed by atoms with Crippen molar-refractivity contribution < 1.29 is 4.74 Å². The minimum absolute atomic E-state index is 0.176. The van der Waals surface area contributed by atoms with Gasteiger partial charge in [0.15, 0.2) is 5.65 Å². The van der Waals surface area contributed by atoms with Crippen LogP contribution in [0.3, 0.4) is 0 Å². The minimum Gasteiger partial charge on any atom is -0.477 e. The van der Waals surface area contributed by atoms with Gasteiger partial charge in [-0.25, -0.2) is 0 Å². The van der Waals surface area contributed by atoms with Gasteiger partial charge in [-0.1, -0.05) is 39.0 Å². The van der Waals surface area contributed by atoms with Crippen LogP contribution in [0.4, 0.5) is 0 Å². The molecule has 0 radical (unpaired) electrons. The standard InChI is InChI=1S/C13H19ClN4O/c1-2-3-4-5-6-7-8-19-12-10-9-15-18-11(10)16-13(14)17-12/h9H,2-8H2,1H3,(H,15,16,17,18). The molecule has 6 heteroatoms. The fourth-order valence-corrected chi connectivity index (χ4v) is 2.10. The van der Waals surface area contributed by atoms with Crippen LogP contribution >= 0.6 is 11.6 Å². The van der Waals surface area contributed by atoms with Crippen LogP contribution in [-0.2, 0) is 0 Å². The van der Waals surface area contributed by atoms with Gasteiger partial charge >= 0.3 is 0 Å². The molecule has 0 atom stereocenters. The molecular weight excluding hydrogens is 264 g/mol. The smallest absolute Gasteiger partial charge is 0.229 e. The number of aromatic nitrogens is 4. The number of hydrogen-bond donors (Lipinski definition) is 1. The molecule has 2 aromatic rings. The highest BCUT2D eigenvalue weighted by molar-refractivity contribution is 6.28. The molecule has 0 aliphatic heterocycles. The Balaban J connectivity index is 1.79. The molecule has 0 amide bonds. The number of hydrogen-bond acceptors (Lipinski definition) is 4. The van der Waals surface area contributed by atoms with Gasteiger partial charge in [-0.15, -0.1) is 0 Å². The van der Waals surface area contributed by atoms with Crippen molar-refractivity contribution in [2.45, 2.75) is 45.4 Å². The van der Waals surface area contributed by atoms with Crippen molar-refractivity contribution in [2.75, 3.05) is 6.61 Å². The molecule has 2 heterocycles. The Bertz CT molecular complexity index is 514. The van der Waals surface area contributed by atoms with E-state index in [0.29, 0.717) is 18.1 Å². The van der Waals surface area contributed by atoms with Crippen LogP contribution in [0, 0.1) is 0 Å². The predicted molar refractivity (Wildman–Crippen MR) is 75.6 cm³/mol. The maximum atomic E-state index is 5.83. The maximum absolute atomic E-state index is 5.83. The molecular formula is C13H19ClN4O. The third-order valence-corrected chi connectivity index (χ3v) is 3.15. The van der Waals surface area contributed by atoms with Gasteiger partial charge in [0.25, 0.3) is 0 Å². The highest BCUT2D eigenvalue weighted by Gasteiger charge is 2.09. The number of H-pyrrole nitrogens is 1. The first-order valence-electron chi connectivity index (χ1n) is 6.80. The summed E-state index contributed by atoms with van der Waals surface area (Å²) >= 11 is 5.83. The summed E-state index contributed by atoms with van der Waals surface area (Å²) in [7, 11) is 0. The number of halogens is 1. The Hall–Kier alpha value is -1.36. The van der Waals surface area contributed by atoms with Crippen LogP contribution in [0.5, 0.6) is 5.88 Å². The highest BCUT2D eigenvalue weighted by Crippen LogP contribution is 2.22. The summed E-state index contributed by atoms with van der Waals surface area (Å²) in [6, 6.07) is 0. The molecule has 0 aliphatic carbocycles.